The van der Waals surface area contributed by atoms with Crippen molar-refractivity contribution in [2.75, 3.05) is 40.8 Å². The zero-order chi connectivity index (χ0) is 13.2. The molecule has 18 heavy (non-hydrogen) atoms. The Morgan fingerprint density at radius 3 is 1.72 bits per heavy atom. The van der Waals surface area contributed by atoms with Gasteiger partial charge in [0.15, 0.2) is 0 Å². The van der Waals surface area contributed by atoms with Crippen LogP contribution in [-0.4, -0.2) is 56.1 Å². The van der Waals surface area contributed by atoms with Crippen molar-refractivity contribution >= 4 is 0 Å². The first-order valence-electron chi connectivity index (χ1n) is 7.67. The minimum atomic E-state index is 0.312. The van der Waals surface area contributed by atoms with Gasteiger partial charge in [0.2, 0.25) is 0 Å². The fraction of sp³-hybridized carbons (Fsp3) is 1.00. The molecule has 3 nitrogen and oxygen atoms in total. The van der Waals surface area contributed by atoms with Crippen LogP contribution in [-0.2, 0) is 0 Å². The maximum Gasteiger partial charge on any atom is 0.0385 e. The Morgan fingerprint density at radius 2 is 1.44 bits per heavy atom. The molecule has 0 aliphatic heterocycles. The maximum absolute atomic E-state index is 6.28. The third-order valence-corrected chi connectivity index (χ3v) is 5.54. The molecule has 0 aromatic heterocycles. The van der Waals surface area contributed by atoms with Gasteiger partial charge in [-0.15, -0.1) is 0 Å². The highest BCUT2D eigenvalue weighted by atomic mass is 15.2. The van der Waals surface area contributed by atoms with Crippen LogP contribution in [0, 0.1) is 11.8 Å². The van der Waals surface area contributed by atoms with E-state index in [4.69, 9.17) is 5.73 Å². The van der Waals surface area contributed by atoms with Crippen LogP contribution in [0.3, 0.4) is 0 Å². The van der Waals surface area contributed by atoms with Crippen molar-refractivity contribution in [2.24, 2.45) is 17.6 Å². The van der Waals surface area contributed by atoms with Crippen molar-refractivity contribution in [1.82, 2.24) is 9.80 Å². The van der Waals surface area contributed by atoms with Gasteiger partial charge >= 0.3 is 0 Å². The number of rotatable bonds is 7. The molecular formula is C15H31N3. The van der Waals surface area contributed by atoms with Gasteiger partial charge in [0.1, 0.15) is 0 Å². The lowest BCUT2D eigenvalue weighted by Crippen LogP contribution is -2.65. The number of nitrogens with zero attached hydrogens (tertiary/aromatic N) is 2. The van der Waals surface area contributed by atoms with Crippen LogP contribution in [0.1, 0.15) is 38.5 Å². The smallest absolute Gasteiger partial charge is 0.0385 e. The average molecular weight is 253 g/mol. The van der Waals surface area contributed by atoms with Crippen LogP contribution in [0.2, 0.25) is 0 Å². The molecular weight excluding hydrogens is 222 g/mol. The van der Waals surface area contributed by atoms with Gasteiger partial charge < -0.3 is 10.6 Å². The quantitative estimate of drug-likeness (QED) is 0.750. The van der Waals surface area contributed by atoms with E-state index in [1.165, 1.54) is 38.5 Å². The lowest BCUT2D eigenvalue weighted by molar-refractivity contribution is -0.0558. The summed E-state index contributed by atoms with van der Waals surface area (Å²) in [5.41, 5.74) is 6.59. The maximum atomic E-state index is 6.28. The molecule has 106 valence electrons. The summed E-state index contributed by atoms with van der Waals surface area (Å²) in [6, 6.07) is 0. The summed E-state index contributed by atoms with van der Waals surface area (Å²) in [7, 11) is 6.63. The molecule has 3 heteroatoms. The molecule has 0 spiro atoms. The monoisotopic (exact) mass is 253 g/mol. The van der Waals surface area contributed by atoms with Gasteiger partial charge in [-0.2, -0.15) is 0 Å². The number of nitrogens with two attached hydrogens (primary N) is 1. The van der Waals surface area contributed by atoms with E-state index < -0.39 is 0 Å². The van der Waals surface area contributed by atoms with Crippen molar-refractivity contribution in [3.63, 3.8) is 0 Å². The Balaban J connectivity index is 2.06. The zero-order valence-electron chi connectivity index (χ0n) is 12.5. The molecule has 2 fully saturated rings. The highest BCUT2D eigenvalue weighted by Gasteiger charge is 2.50. The molecule has 0 atom stereocenters. The molecule has 0 unspecified atom stereocenters. The van der Waals surface area contributed by atoms with Gasteiger partial charge in [-0.25, -0.2) is 0 Å². The van der Waals surface area contributed by atoms with E-state index in [-0.39, 0.29) is 0 Å². The molecule has 2 aliphatic rings. The molecule has 0 saturated heterocycles. The molecule has 0 bridgehead atoms. The number of hydrogen-bond donors (Lipinski definition) is 1. The first-order chi connectivity index (χ1) is 8.61. The van der Waals surface area contributed by atoms with Gasteiger partial charge in [-0.1, -0.05) is 12.8 Å². The molecule has 0 aromatic carbocycles. The summed E-state index contributed by atoms with van der Waals surface area (Å²) < 4.78 is 0. The molecule has 0 amide bonds. The Labute approximate surface area is 113 Å². The third kappa shape index (κ3) is 2.45. The van der Waals surface area contributed by atoms with Crippen LogP contribution in [0.5, 0.6) is 0 Å². The average Bonchev–Trinajstić information content (AvgIpc) is 2.19. The molecule has 0 aromatic rings. The zero-order valence-corrected chi connectivity index (χ0v) is 12.5. The second-order valence-electron chi connectivity index (χ2n) is 6.68. The van der Waals surface area contributed by atoms with Gasteiger partial charge in [0.25, 0.3) is 0 Å². The summed E-state index contributed by atoms with van der Waals surface area (Å²) in [5, 5.41) is 0. The van der Waals surface area contributed by atoms with Crippen molar-refractivity contribution in [2.45, 2.75) is 44.1 Å². The van der Waals surface area contributed by atoms with Gasteiger partial charge in [-0.3, -0.25) is 4.90 Å². The van der Waals surface area contributed by atoms with Crippen molar-refractivity contribution < 1.29 is 0 Å². The van der Waals surface area contributed by atoms with Gasteiger partial charge in [0.05, 0.1) is 0 Å². The second kappa shape index (κ2) is 5.89. The largest absolute Gasteiger partial charge is 0.329 e. The minimum absolute atomic E-state index is 0.312. The van der Waals surface area contributed by atoms with E-state index in [1.54, 1.807) is 0 Å². The second-order valence-corrected chi connectivity index (χ2v) is 6.68. The molecule has 2 N–H and O–H groups in total. The fourth-order valence-electron chi connectivity index (χ4n) is 3.82. The predicted molar refractivity (Wildman–Crippen MR) is 77.7 cm³/mol. The SMILES string of the molecule is CN(C)CCN(C)C(CN)(C1CCC1)C1CCC1. The van der Waals surface area contributed by atoms with Crippen LogP contribution >= 0.6 is 0 Å². The Morgan fingerprint density at radius 1 is 0.944 bits per heavy atom. The first kappa shape index (κ1) is 14.3. The van der Waals surface area contributed by atoms with E-state index in [0.717, 1.165) is 31.5 Å². The summed E-state index contributed by atoms with van der Waals surface area (Å²) in [6.45, 7) is 3.14. The van der Waals surface area contributed by atoms with Crippen molar-refractivity contribution in [3.8, 4) is 0 Å². The molecule has 2 rings (SSSR count). The summed E-state index contributed by atoms with van der Waals surface area (Å²) in [4.78, 5) is 4.89. The summed E-state index contributed by atoms with van der Waals surface area (Å²) in [5.74, 6) is 1.72. The number of hydrogen-bond acceptors (Lipinski definition) is 3. The highest BCUT2D eigenvalue weighted by Crippen LogP contribution is 2.49. The lowest BCUT2D eigenvalue weighted by Gasteiger charge is -2.57. The molecule has 0 radical (unpaired) electrons. The van der Waals surface area contributed by atoms with Gasteiger partial charge in [-0.05, 0) is 58.7 Å². The van der Waals surface area contributed by atoms with Crippen LogP contribution < -0.4 is 5.73 Å². The molecule has 2 saturated carbocycles. The van der Waals surface area contributed by atoms with Crippen LogP contribution in [0.25, 0.3) is 0 Å². The van der Waals surface area contributed by atoms with Gasteiger partial charge in [0, 0.05) is 25.2 Å². The topological polar surface area (TPSA) is 32.5 Å². The summed E-state index contributed by atoms with van der Waals surface area (Å²) in [6.07, 6.45) is 8.45. The van der Waals surface area contributed by atoms with E-state index in [9.17, 15) is 0 Å². The van der Waals surface area contributed by atoms with E-state index in [1.807, 2.05) is 0 Å². The first-order valence-corrected chi connectivity index (χ1v) is 7.67. The fourth-order valence-corrected chi connectivity index (χ4v) is 3.82. The molecule has 0 heterocycles. The minimum Gasteiger partial charge on any atom is -0.329 e. The van der Waals surface area contributed by atoms with Crippen LogP contribution in [0.15, 0.2) is 0 Å². The summed E-state index contributed by atoms with van der Waals surface area (Å²) >= 11 is 0. The molecule has 2 aliphatic carbocycles. The third-order valence-electron chi connectivity index (χ3n) is 5.54. The van der Waals surface area contributed by atoms with E-state index in [0.29, 0.717) is 5.54 Å². The predicted octanol–water partition coefficient (Wildman–Crippen LogP) is 1.78. The Bertz CT molecular complexity index is 242. The Hall–Kier alpha value is -0.120. The van der Waals surface area contributed by atoms with E-state index >= 15 is 0 Å². The lowest BCUT2D eigenvalue weighted by atomic mass is 9.58. The normalized spacial score (nSPS) is 22.3. The van der Waals surface area contributed by atoms with Crippen molar-refractivity contribution in [1.29, 1.82) is 0 Å². The number of likely N-dealkylation sites (N-methyl/N-ethyl adjacent to an activating group) is 2. The van der Waals surface area contributed by atoms with Crippen molar-refractivity contribution in [3.05, 3.63) is 0 Å². The Kier molecular flexibility index (Phi) is 4.68. The van der Waals surface area contributed by atoms with Crippen LogP contribution in [0.4, 0.5) is 0 Å². The highest BCUT2D eigenvalue weighted by molar-refractivity contribution is 5.06. The standard InChI is InChI=1S/C15H31N3/c1-17(2)10-11-18(3)15(12-16,13-6-4-7-13)14-8-5-9-14/h13-14H,4-12,16H2,1-3H3. The van der Waals surface area contributed by atoms with E-state index in [2.05, 4.69) is 30.9 Å².